The Bertz CT molecular complexity index is 644. The maximum atomic E-state index is 12.7. The number of amides is 1. The minimum Gasteiger partial charge on any atom is -0.348 e. The first kappa shape index (κ1) is 15.0. The zero-order valence-electron chi connectivity index (χ0n) is 12.8. The van der Waals surface area contributed by atoms with E-state index >= 15 is 0 Å². The van der Waals surface area contributed by atoms with Gasteiger partial charge in [-0.15, -0.1) is 0 Å². The van der Waals surface area contributed by atoms with Crippen molar-refractivity contribution < 1.29 is 4.79 Å². The third kappa shape index (κ3) is 3.12. The molecule has 1 aromatic carbocycles. The van der Waals surface area contributed by atoms with Crippen molar-refractivity contribution in [3.05, 3.63) is 42.1 Å². The molecule has 1 aliphatic rings. The van der Waals surface area contributed by atoms with Crippen LogP contribution in [-0.2, 0) is 0 Å². The third-order valence-electron chi connectivity index (χ3n) is 4.67. The molecule has 0 saturated heterocycles. The number of carbonyl (C=O) groups is 1. The fourth-order valence-corrected chi connectivity index (χ4v) is 3.44. The summed E-state index contributed by atoms with van der Waals surface area (Å²) < 4.78 is 0. The second-order valence-corrected chi connectivity index (χ2v) is 6.09. The van der Waals surface area contributed by atoms with Crippen LogP contribution >= 0.6 is 0 Å². The lowest BCUT2D eigenvalue weighted by atomic mass is 9.84. The van der Waals surface area contributed by atoms with Crippen molar-refractivity contribution in [1.29, 1.82) is 0 Å². The van der Waals surface area contributed by atoms with Crippen LogP contribution in [-0.4, -0.2) is 23.5 Å². The number of carbonyl (C=O) groups excluding carboxylic acids is 1. The Kier molecular flexibility index (Phi) is 4.68. The molecular formula is C18H23N3O. The topological polar surface area (TPSA) is 68.0 Å². The number of pyridine rings is 1. The molecule has 1 aliphatic carbocycles. The summed E-state index contributed by atoms with van der Waals surface area (Å²) in [6, 6.07) is 9.62. The summed E-state index contributed by atoms with van der Waals surface area (Å²) in [5.41, 5.74) is 7.30. The van der Waals surface area contributed by atoms with E-state index in [1.807, 2.05) is 30.3 Å². The van der Waals surface area contributed by atoms with Gasteiger partial charge in [0.1, 0.15) is 0 Å². The molecule has 1 amide bonds. The van der Waals surface area contributed by atoms with E-state index < -0.39 is 0 Å². The highest BCUT2D eigenvalue weighted by atomic mass is 16.1. The second-order valence-electron chi connectivity index (χ2n) is 6.09. The van der Waals surface area contributed by atoms with Crippen LogP contribution in [0.15, 0.2) is 36.5 Å². The molecule has 116 valence electrons. The SMILES string of the molecule is NCC(NC(=O)c1cccc2cccnc12)C1CCCCC1. The van der Waals surface area contributed by atoms with Crippen molar-refractivity contribution in [2.45, 2.75) is 38.1 Å². The molecule has 3 N–H and O–H groups in total. The van der Waals surface area contributed by atoms with Gasteiger partial charge in [-0.05, 0) is 30.9 Å². The van der Waals surface area contributed by atoms with Gasteiger partial charge in [0.15, 0.2) is 0 Å². The Morgan fingerprint density at radius 2 is 2.00 bits per heavy atom. The largest absolute Gasteiger partial charge is 0.348 e. The number of hydrogen-bond donors (Lipinski definition) is 2. The Balaban J connectivity index is 1.80. The highest BCUT2D eigenvalue weighted by Gasteiger charge is 2.24. The molecule has 1 fully saturated rings. The minimum absolute atomic E-state index is 0.0618. The van der Waals surface area contributed by atoms with Crippen molar-refractivity contribution in [3.8, 4) is 0 Å². The number of benzene rings is 1. The van der Waals surface area contributed by atoms with Crippen LogP contribution in [0.2, 0.25) is 0 Å². The standard InChI is InChI=1S/C18H23N3O/c19-12-16(13-6-2-1-3-7-13)21-18(22)15-10-4-8-14-9-5-11-20-17(14)15/h4-5,8-11,13,16H,1-3,6-7,12,19H2,(H,21,22). The number of aromatic nitrogens is 1. The van der Waals surface area contributed by atoms with Crippen LogP contribution < -0.4 is 11.1 Å². The fourth-order valence-electron chi connectivity index (χ4n) is 3.44. The van der Waals surface area contributed by atoms with E-state index in [1.54, 1.807) is 6.20 Å². The number of rotatable bonds is 4. The molecule has 0 aliphatic heterocycles. The summed E-state index contributed by atoms with van der Waals surface area (Å²) in [6.07, 6.45) is 7.83. The van der Waals surface area contributed by atoms with Crippen LogP contribution in [0.25, 0.3) is 10.9 Å². The lowest BCUT2D eigenvalue weighted by Crippen LogP contribution is -2.46. The summed E-state index contributed by atoms with van der Waals surface area (Å²) in [5, 5.41) is 4.12. The van der Waals surface area contributed by atoms with Crippen molar-refractivity contribution in [2.24, 2.45) is 11.7 Å². The number of para-hydroxylation sites is 1. The van der Waals surface area contributed by atoms with Gasteiger partial charge in [-0.1, -0.05) is 37.5 Å². The molecular weight excluding hydrogens is 274 g/mol. The van der Waals surface area contributed by atoms with Crippen LogP contribution in [0.5, 0.6) is 0 Å². The molecule has 3 rings (SSSR count). The first-order chi connectivity index (χ1) is 10.8. The van der Waals surface area contributed by atoms with Gasteiger partial charge in [0.05, 0.1) is 11.1 Å². The summed E-state index contributed by atoms with van der Waals surface area (Å²) in [4.78, 5) is 17.0. The van der Waals surface area contributed by atoms with Crippen LogP contribution in [0.1, 0.15) is 42.5 Å². The van der Waals surface area contributed by atoms with Crippen molar-refractivity contribution >= 4 is 16.8 Å². The molecule has 1 heterocycles. The lowest BCUT2D eigenvalue weighted by molar-refractivity contribution is 0.0917. The smallest absolute Gasteiger partial charge is 0.253 e. The van der Waals surface area contributed by atoms with Gasteiger partial charge in [0, 0.05) is 24.2 Å². The number of nitrogens with zero attached hydrogens (tertiary/aromatic N) is 1. The van der Waals surface area contributed by atoms with E-state index in [9.17, 15) is 4.79 Å². The number of nitrogens with two attached hydrogens (primary N) is 1. The normalized spacial score (nSPS) is 17.3. The van der Waals surface area contributed by atoms with Gasteiger partial charge in [-0.3, -0.25) is 9.78 Å². The monoisotopic (exact) mass is 297 g/mol. The molecule has 1 unspecified atom stereocenters. The zero-order valence-corrected chi connectivity index (χ0v) is 12.8. The van der Waals surface area contributed by atoms with E-state index in [0.717, 1.165) is 23.7 Å². The first-order valence-electron chi connectivity index (χ1n) is 8.14. The molecule has 22 heavy (non-hydrogen) atoms. The Hall–Kier alpha value is -1.94. The Morgan fingerprint density at radius 1 is 1.23 bits per heavy atom. The maximum Gasteiger partial charge on any atom is 0.253 e. The highest BCUT2D eigenvalue weighted by Crippen LogP contribution is 2.26. The maximum absolute atomic E-state index is 12.7. The van der Waals surface area contributed by atoms with Crippen LogP contribution in [0, 0.1) is 5.92 Å². The van der Waals surface area contributed by atoms with Gasteiger partial charge in [-0.2, -0.15) is 0 Å². The summed E-state index contributed by atoms with van der Waals surface area (Å²) in [7, 11) is 0. The molecule has 4 heteroatoms. The van der Waals surface area contributed by atoms with E-state index in [2.05, 4.69) is 10.3 Å². The average molecular weight is 297 g/mol. The Morgan fingerprint density at radius 3 is 2.77 bits per heavy atom. The van der Waals surface area contributed by atoms with Gasteiger partial charge < -0.3 is 11.1 Å². The summed E-state index contributed by atoms with van der Waals surface area (Å²) in [6.45, 7) is 0.495. The minimum atomic E-state index is -0.0645. The van der Waals surface area contributed by atoms with Gasteiger partial charge in [-0.25, -0.2) is 0 Å². The Labute approximate surface area is 131 Å². The summed E-state index contributed by atoms with van der Waals surface area (Å²) in [5.74, 6) is 0.441. The molecule has 4 nitrogen and oxygen atoms in total. The van der Waals surface area contributed by atoms with Gasteiger partial charge in [0.25, 0.3) is 5.91 Å². The molecule has 1 atom stereocenters. The van der Waals surface area contributed by atoms with Crippen molar-refractivity contribution in [2.75, 3.05) is 6.54 Å². The van der Waals surface area contributed by atoms with Crippen molar-refractivity contribution in [1.82, 2.24) is 10.3 Å². The lowest BCUT2D eigenvalue weighted by Gasteiger charge is -2.30. The van der Waals surface area contributed by atoms with Gasteiger partial charge >= 0.3 is 0 Å². The third-order valence-corrected chi connectivity index (χ3v) is 4.67. The molecule has 2 aromatic rings. The number of fused-ring (bicyclic) bond motifs is 1. The number of hydrogen-bond acceptors (Lipinski definition) is 3. The molecule has 0 spiro atoms. The van der Waals surface area contributed by atoms with E-state index in [0.29, 0.717) is 18.0 Å². The second kappa shape index (κ2) is 6.88. The highest BCUT2D eigenvalue weighted by molar-refractivity contribution is 6.05. The van der Waals surface area contributed by atoms with E-state index in [-0.39, 0.29) is 11.9 Å². The van der Waals surface area contributed by atoms with Gasteiger partial charge in [0.2, 0.25) is 0 Å². The molecule has 1 aromatic heterocycles. The fraction of sp³-hybridized carbons (Fsp3) is 0.444. The van der Waals surface area contributed by atoms with E-state index in [4.69, 9.17) is 5.73 Å². The number of nitrogens with one attached hydrogen (secondary N) is 1. The quantitative estimate of drug-likeness (QED) is 0.912. The molecule has 1 saturated carbocycles. The predicted octanol–water partition coefficient (Wildman–Crippen LogP) is 2.87. The van der Waals surface area contributed by atoms with Crippen LogP contribution in [0.4, 0.5) is 0 Å². The predicted molar refractivity (Wildman–Crippen MR) is 88.6 cm³/mol. The molecule has 0 radical (unpaired) electrons. The molecule has 0 bridgehead atoms. The van der Waals surface area contributed by atoms with Crippen LogP contribution in [0.3, 0.4) is 0 Å². The summed E-state index contributed by atoms with van der Waals surface area (Å²) >= 11 is 0. The van der Waals surface area contributed by atoms with Crippen molar-refractivity contribution in [3.63, 3.8) is 0 Å². The average Bonchev–Trinajstić information content (AvgIpc) is 2.59. The first-order valence-corrected chi connectivity index (χ1v) is 8.14. The van der Waals surface area contributed by atoms with E-state index in [1.165, 1.54) is 19.3 Å². The zero-order chi connectivity index (χ0) is 15.4.